The molecule has 1 amide bonds. The Morgan fingerprint density at radius 1 is 1.30 bits per heavy atom. The van der Waals surface area contributed by atoms with Gasteiger partial charge in [-0.2, -0.15) is 0 Å². The number of aromatic nitrogens is 1. The minimum absolute atomic E-state index is 0.140. The lowest BCUT2D eigenvalue weighted by molar-refractivity contribution is 0.0698. The summed E-state index contributed by atoms with van der Waals surface area (Å²) in [6.07, 6.45) is 2.92. The van der Waals surface area contributed by atoms with Gasteiger partial charge in [0.25, 0.3) is 5.91 Å². The fraction of sp³-hybridized carbons (Fsp3) is 0.438. The number of likely N-dealkylation sites (N-methyl/N-ethyl adjacent to an activating group) is 1. The van der Waals surface area contributed by atoms with Crippen LogP contribution in [0.2, 0.25) is 0 Å². The van der Waals surface area contributed by atoms with Crippen molar-refractivity contribution in [3.63, 3.8) is 0 Å². The Morgan fingerprint density at radius 3 is 3.00 bits per heavy atom. The second-order valence-electron chi connectivity index (χ2n) is 5.71. The number of aromatic amines is 1. The normalized spacial score (nSPS) is 21.1. The van der Waals surface area contributed by atoms with E-state index in [0.717, 1.165) is 42.5 Å². The average molecular weight is 271 g/mol. The standard InChI is InChI=1S/C16H21N3O/c1-12-11-18(2)9-4-10-19(12)16(20)14-6-3-5-13-7-8-17-15(13)14/h3,5-8,12,17H,4,9-11H2,1-2H3. The van der Waals surface area contributed by atoms with Crippen LogP contribution >= 0.6 is 0 Å². The van der Waals surface area contributed by atoms with Gasteiger partial charge in [-0.15, -0.1) is 0 Å². The zero-order valence-electron chi connectivity index (χ0n) is 12.1. The molecule has 1 N–H and O–H groups in total. The second-order valence-corrected chi connectivity index (χ2v) is 5.71. The Balaban J connectivity index is 1.93. The number of hydrogen-bond acceptors (Lipinski definition) is 2. The van der Waals surface area contributed by atoms with Gasteiger partial charge >= 0.3 is 0 Å². The summed E-state index contributed by atoms with van der Waals surface area (Å²) in [5, 5.41) is 1.09. The van der Waals surface area contributed by atoms with Crippen molar-refractivity contribution in [1.82, 2.24) is 14.8 Å². The van der Waals surface area contributed by atoms with E-state index in [0.29, 0.717) is 0 Å². The van der Waals surface area contributed by atoms with Crippen LogP contribution in [0.4, 0.5) is 0 Å². The zero-order chi connectivity index (χ0) is 14.1. The van der Waals surface area contributed by atoms with Gasteiger partial charge in [0.1, 0.15) is 0 Å². The summed E-state index contributed by atoms with van der Waals surface area (Å²) in [5.74, 6) is 0.140. The van der Waals surface area contributed by atoms with Gasteiger partial charge in [0, 0.05) is 30.7 Å². The van der Waals surface area contributed by atoms with E-state index < -0.39 is 0 Å². The maximum absolute atomic E-state index is 12.9. The van der Waals surface area contributed by atoms with Crippen LogP contribution in [-0.4, -0.2) is 53.4 Å². The van der Waals surface area contributed by atoms with Crippen LogP contribution in [0.25, 0.3) is 10.9 Å². The summed E-state index contributed by atoms with van der Waals surface area (Å²) < 4.78 is 0. The molecule has 1 saturated heterocycles. The predicted molar refractivity (Wildman–Crippen MR) is 80.9 cm³/mol. The molecular weight excluding hydrogens is 250 g/mol. The molecular formula is C16H21N3O. The summed E-state index contributed by atoms with van der Waals surface area (Å²) in [7, 11) is 2.12. The highest BCUT2D eigenvalue weighted by atomic mass is 16.2. The smallest absolute Gasteiger partial charge is 0.256 e. The van der Waals surface area contributed by atoms with Crippen molar-refractivity contribution in [3.8, 4) is 0 Å². The molecule has 1 aliphatic heterocycles. The minimum atomic E-state index is 0.140. The molecule has 0 radical (unpaired) electrons. The van der Waals surface area contributed by atoms with Crippen molar-refractivity contribution in [1.29, 1.82) is 0 Å². The predicted octanol–water partition coefficient (Wildman–Crippen LogP) is 2.33. The number of para-hydroxylation sites is 1. The van der Waals surface area contributed by atoms with E-state index in [4.69, 9.17) is 0 Å². The van der Waals surface area contributed by atoms with E-state index in [2.05, 4.69) is 23.9 Å². The summed E-state index contributed by atoms with van der Waals surface area (Å²) >= 11 is 0. The van der Waals surface area contributed by atoms with Crippen molar-refractivity contribution >= 4 is 16.8 Å². The van der Waals surface area contributed by atoms with Crippen LogP contribution in [0.3, 0.4) is 0 Å². The summed E-state index contributed by atoms with van der Waals surface area (Å²) in [6.45, 7) is 4.96. The first-order valence-electron chi connectivity index (χ1n) is 7.22. The maximum atomic E-state index is 12.9. The highest BCUT2D eigenvalue weighted by Gasteiger charge is 2.26. The lowest BCUT2D eigenvalue weighted by atomic mass is 10.1. The van der Waals surface area contributed by atoms with Crippen molar-refractivity contribution < 1.29 is 4.79 Å². The molecule has 0 aliphatic carbocycles. The highest BCUT2D eigenvalue weighted by molar-refractivity contribution is 6.05. The van der Waals surface area contributed by atoms with Crippen molar-refractivity contribution in [3.05, 3.63) is 36.0 Å². The fourth-order valence-corrected chi connectivity index (χ4v) is 3.09. The van der Waals surface area contributed by atoms with Crippen LogP contribution in [0.5, 0.6) is 0 Å². The zero-order valence-corrected chi connectivity index (χ0v) is 12.1. The molecule has 0 spiro atoms. The van der Waals surface area contributed by atoms with Gasteiger partial charge in [-0.3, -0.25) is 4.79 Å². The average Bonchev–Trinajstić information content (AvgIpc) is 2.84. The molecule has 1 fully saturated rings. The third-order valence-corrected chi connectivity index (χ3v) is 4.13. The first-order valence-corrected chi connectivity index (χ1v) is 7.22. The molecule has 0 saturated carbocycles. The number of nitrogens with one attached hydrogen (secondary N) is 1. The Labute approximate surface area is 119 Å². The largest absolute Gasteiger partial charge is 0.361 e. The third-order valence-electron chi connectivity index (χ3n) is 4.13. The van der Waals surface area contributed by atoms with E-state index >= 15 is 0 Å². The Bertz CT molecular complexity index is 619. The number of H-pyrrole nitrogens is 1. The number of benzene rings is 1. The quantitative estimate of drug-likeness (QED) is 0.864. The van der Waals surface area contributed by atoms with Crippen LogP contribution in [0, 0.1) is 0 Å². The first-order chi connectivity index (χ1) is 9.66. The van der Waals surface area contributed by atoms with E-state index in [9.17, 15) is 4.79 Å². The van der Waals surface area contributed by atoms with Gasteiger partial charge in [-0.1, -0.05) is 12.1 Å². The van der Waals surface area contributed by atoms with Crippen LogP contribution in [-0.2, 0) is 0 Å². The van der Waals surface area contributed by atoms with Gasteiger partial charge in [0.05, 0.1) is 11.1 Å². The third kappa shape index (κ3) is 2.31. The van der Waals surface area contributed by atoms with E-state index in [1.54, 1.807) is 0 Å². The number of carbonyl (C=O) groups excluding carboxylic acids is 1. The Hall–Kier alpha value is -1.81. The lowest BCUT2D eigenvalue weighted by Crippen LogP contribution is -2.42. The van der Waals surface area contributed by atoms with Crippen LogP contribution in [0.1, 0.15) is 23.7 Å². The van der Waals surface area contributed by atoms with E-state index in [-0.39, 0.29) is 11.9 Å². The molecule has 20 heavy (non-hydrogen) atoms. The molecule has 1 aromatic carbocycles. The number of amides is 1. The lowest BCUT2D eigenvalue weighted by Gasteiger charge is -2.28. The number of nitrogens with zero attached hydrogens (tertiary/aromatic N) is 2. The van der Waals surface area contributed by atoms with Gasteiger partial charge < -0.3 is 14.8 Å². The first kappa shape index (κ1) is 13.2. The molecule has 3 rings (SSSR count). The van der Waals surface area contributed by atoms with Crippen LogP contribution in [0.15, 0.2) is 30.5 Å². The van der Waals surface area contributed by atoms with Gasteiger partial charge in [0.15, 0.2) is 0 Å². The number of hydrogen-bond donors (Lipinski definition) is 1. The maximum Gasteiger partial charge on any atom is 0.256 e. The molecule has 1 aromatic heterocycles. The van der Waals surface area contributed by atoms with Crippen molar-refractivity contribution in [2.75, 3.05) is 26.7 Å². The molecule has 1 atom stereocenters. The molecule has 2 aromatic rings. The monoisotopic (exact) mass is 271 g/mol. The summed E-state index contributed by atoms with van der Waals surface area (Å²) in [5.41, 5.74) is 1.73. The van der Waals surface area contributed by atoms with Crippen LogP contribution < -0.4 is 0 Å². The molecule has 106 valence electrons. The highest BCUT2D eigenvalue weighted by Crippen LogP contribution is 2.20. The van der Waals surface area contributed by atoms with Gasteiger partial charge in [-0.05, 0) is 39.1 Å². The topological polar surface area (TPSA) is 39.3 Å². The Kier molecular flexibility index (Phi) is 3.49. The van der Waals surface area contributed by atoms with Crippen molar-refractivity contribution in [2.45, 2.75) is 19.4 Å². The van der Waals surface area contributed by atoms with Crippen molar-refractivity contribution in [2.24, 2.45) is 0 Å². The molecule has 4 nitrogen and oxygen atoms in total. The summed E-state index contributed by atoms with van der Waals surface area (Å²) in [4.78, 5) is 20.4. The van der Waals surface area contributed by atoms with Gasteiger partial charge in [0.2, 0.25) is 0 Å². The fourth-order valence-electron chi connectivity index (χ4n) is 3.09. The molecule has 0 bridgehead atoms. The molecule has 4 heteroatoms. The second kappa shape index (κ2) is 5.29. The van der Waals surface area contributed by atoms with E-state index in [1.807, 2.05) is 35.4 Å². The molecule has 2 heterocycles. The van der Waals surface area contributed by atoms with E-state index in [1.165, 1.54) is 0 Å². The molecule has 1 unspecified atom stereocenters. The number of fused-ring (bicyclic) bond motifs is 1. The molecule has 1 aliphatic rings. The summed E-state index contributed by atoms with van der Waals surface area (Å²) in [6, 6.07) is 8.16. The minimum Gasteiger partial charge on any atom is -0.361 e. The SMILES string of the molecule is CC1CN(C)CCCN1C(=O)c1cccc2cc[nH]c12. The Morgan fingerprint density at radius 2 is 2.15 bits per heavy atom. The number of carbonyl (C=O) groups is 1. The number of rotatable bonds is 1. The van der Waals surface area contributed by atoms with Gasteiger partial charge in [-0.25, -0.2) is 0 Å².